The van der Waals surface area contributed by atoms with Crippen molar-refractivity contribution in [2.45, 2.75) is 49.7 Å². The number of sulfonamides is 1. The average molecular weight is 338 g/mol. The predicted octanol–water partition coefficient (Wildman–Crippen LogP) is 3.04. The monoisotopic (exact) mass is 338 g/mol. The Morgan fingerprint density at radius 2 is 2.23 bits per heavy atom. The zero-order chi connectivity index (χ0) is 16.0. The molecule has 1 aromatic rings. The van der Waals surface area contributed by atoms with E-state index < -0.39 is 10.0 Å². The van der Waals surface area contributed by atoms with E-state index in [0.29, 0.717) is 16.4 Å². The number of hydrogen-bond acceptors (Lipinski definition) is 4. The molecule has 0 heterocycles. The fourth-order valence-corrected chi connectivity index (χ4v) is 5.48. The highest BCUT2D eigenvalue weighted by Crippen LogP contribution is 2.28. The SMILES string of the molecule is CCS[C@H]1CCC[C@@H](NS(=O)(=O)Cc2cccc(C#N)c2)C1. The Labute approximate surface area is 137 Å². The maximum atomic E-state index is 12.3. The molecule has 0 amide bonds. The number of hydrogen-bond donors (Lipinski definition) is 1. The highest BCUT2D eigenvalue weighted by Gasteiger charge is 2.25. The lowest BCUT2D eigenvalue weighted by Crippen LogP contribution is -2.39. The van der Waals surface area contributed by atoms with Gasteiger partial charge >= 0.3 is 0 Å². The molecule has 1 aliphatic rings. The van der Waals surface area contributed by atoms with Crippen molar-refractivity contribution in [3.05, 3.63) is 35.4 Å². The lowest BCUT2D eigenvalue weighted by molar-refractivity contribution is 0.420. The normalized spacial score (nSPS) is 22.2. The van der Waals surface area contributed by atoms with Crippen LogP contribution in [-0.4, -0.2) is 25.5 Å². The van der Waals surface area contributed by atoms with Gasteiger partial charge < -0.3 is 0 Å². The molecule has 0 aromatic heterocycles. The predicted molar refractivity (Wildman–Crippen MR) is 91.1 cm³/mol. The summed E-state index contributed by atoms with van der Waals surface area (Å²) in [6.45, 7) is 2.14. The number of nitrogens with zero attached hydrogens (tertiary/aromatic N) is 1. The fraction of sp³-hybridized carbons (Fsp3) is 0.562. The molecule has 120 valence electrons. The molecular formula is C16H22N2O2S2. The van der Waals surface area contributed by atoms with E-state index in [2.05, 4.69) is 11.6 Å². The Bertz CT molecular complexity index is 636. The Balaban J connectivity index is 1.97. The van der Waals surface area contributed by atoms with Crippen LogP contribution in [0.15, 0.2) is 24.3 Å². The molecular weight excluding hydrogens is 316 g/mol. The van der Waals surface area contributed by atoms with E-state index >= 15 is 0 Å². The Morgan fingerprint density at radius 3 is 2.95 bits per heavy atom. The summed E-state index contributed by atoms with van der Waals surface area (Å²) in [5, 5.41) is 9.45. The number of thioether (sulfide) groups is 1. The van der Waals surface area contributed by atoms with Crippen LogP contribution >= 0.6 is 11.8 Å². The smallest absolute Gasteiger partial charge is 0.212 e. The molecule has 2 rings (SSSR count). The average Bonchev–Trinajstić information content (AvgIpc) is 2.47. The number of rotatable bonds is 6. The maximum Gasteiger partial charge on any atom is 0.216 e. The fourth-order valence-electron chi connectivity index (χ4n) is 2.88. The van der Waals surface area contributed by atoms with Gasteiger partial charge in [0.1, 0.15) is 0 Å². The quantitative estimate of drug-likeness (QED) is 0.865. The van der Waals surface area contributed by atoms with E-state index in [1.54, 1.807) is 24.3 Å². The van der Waals surface area contributed by atoms with Crippen molar-refractivity contribution in [1.29, 1.82) is 5.26 Å². The third kappa shape index (κ3) is 5.31. The zero-order valence-electron chi connectivity index (χ0n) is 12.8. The third-order valence-corrected chi connectivity index (χ3v) is 6.43. The molecule has 0 saturated heterocycles. The van der Waals surface area contributed by atoms with Gasteiger partial charge in [0.15, 0.2) is 0 Å². The molecule has 0 spiro atoms. The van der Waals surface area contributed by atoms with Crippen LogP contribution in [-0.2, 0) is 15.8 Å². The van der Waals surface area contributed by atoms with Crippen LogP contribution in [0.25, 0.3) is 0 Å². The highest BCUT2D eigenvalue weighted by atomic mass is 32.2. The lowest BCUT2D eigenvalue weighted by Gasteiger charge is -2.29. The van der Waals surface area contributed by atoms with Crippen LogP contribution in [0.1, 0.15) is 43.7 Å². The van der Waals surface area contributed by atoms with E-state index in [1.165, 1.54) is 6.42 Å². The van der Waals surface area contributed by atoms with Crippen molar-refractivity contribution in [2.24, 2.45) is 0 Å². The molecule has 0 bridgehead atoms. The van der Waals surface area contributed by atoms with Gasteiger partial charge in [0, 0.05) is 11.3 Å². The number of nitriles is 1. The van der Waals surface area contributed by atoms with E-state index in [4.69, 9.17) is 5.26 Å². The van der Waals surface area contributed by atoms with Gasteiger partial charge in [-0.05, 0) is 42.7 Å². The number of benzene rings is 1. The van der Waals surface area contributed by atoms with Crippen molar-refractivity contribution >= 4 is 21.8 Å². The summed E-state index contributed by atoms with van der Waals surface area (Å²) in [5.41, 5.74) is 1.15. The number of nitrogens with one attached hydrogen (secondary N) is 1. The van der Waals surface area contributed by atoms with Crippen LogP contribution in [0.4, 0.5) is 0 Å². The van der Waals surface area contributed by atoms with Gasteiger partial charge in [-0.2, -0.15) is 17.0 Å². The molecule has 1 N–H and O–H groups in total. The Kier molecular flexibility index (Phi) is 6.30. The summed E-state index contributed by atoms with van der Waals surface area (Å²) < 4.78 is 27.5. The standard InChI is InChI=1S/C16H22N2O2S2/c1-2-21-16-8-4-7-15(10-16)18-22(19,20)12-14-6-3-5-13(9-14)11-17/h3,5-6,9,15-16,18H,2,4,7-8,10,12H2,1H3/t15-,16+/m1/s1. The molecule has 6 heteroatoms. The van der Waals surface area contributed by atoms with Gasteiger partial charge in [-0.1, -0.05) is 25.5 Å². The second-order valence-electron chi connectivity index (χ2n) is 5.63. The van der Waals surface area contributed by atoms with Crippen molar-refractivity contribution in [1.82, 2.24) is 4.72 Å². The Morgan fingerprint density at radius 1 is 1.41 bits per heavy atom. The molecule has 22 heavy (non-hydrogen) atoms. The summed E-state index contributed by atoms with van der Waals surface area (Å²) in [4.78, 5) is 0. The third-order valence-electron chi connectivity index (χ3n) is 3.79. The van der Waals surface area contributed by atoms with Crippen molar-refractivity contribution < 1.29 is 8.42 Å². The topological polar surface area (TPSA) is 70.0 Å². The van der Waals surface area contributed by atoms with Crippen molar-refractivity contribution in [3.63, 3.8) is 0 Å². The zero-order valence-corrected chi connectivity index (χ0v) is 14.4. The molecule has 0 radical (unpaired) electrons. The Hall–Kier alpha value is -1.03. The van der Waals surface area contributed by atoms with E-state index in [9.17, 15) is 8.42 Å². The van der Waals surface area contributed by atoms with E-state index in [0.717, 1.165) is 25.0 Å². The van der Waals surface area contributed by atoms with Crippen LogP contribution in [0.3, 0.4) is 0 Å². The minimum atomic E-state index is -3.37. The summed E-state index contributed by atoms with van der Waals surface area (Å²) in [6, 6.07) is 8.86. The first-order chi connectivity index (χ1) is 10.5. The van der Waals surface area contributed by atoms with Gasteiger partial charge in [0.25, 0.3) is 0 Å². The summed E-state index contributed by atoms with van der Waals surface area (Å²) in [7, 11) is -3.37. The minimum Gasteiger partial charge on any atom is -0.212 e. The lowest BCUT2D eigenvalue weighted by atomic mass is 9.96. The first-order valence-electron chi connectivity index (χ1n) is 7.63. The molecule has 0 aliphatic heterocycles. The first-order valence-corrected chi connectivity index (χ1v) is 10.3. The molecule has 0 unspecified atom stereocenters. The summed E-state index contributed by atoms with van der Waals surface area (Å²) in [6.07, 6.45) is 4.09. The molecule has 2 atom stereocenters. The second kappa shape index (κ2) is 8.00. The molecule has 4 nitrogen and oxygen atoms in total. The van der Waals surface area contributed by atoms with Crippen molar-refractivity contribution in [2.75, 3.05) is 5.75 Å². The van der Waals surface area contributed by atoms with E-state index in [-0.39, 0.29) is 11.8 Å². The molecule has 1 aromatic carbocycles. The van der Waals surface area contributed by atoms with Crippen LogP contribution in [0, 0.1) is 11.3 Å². The van der Waals surface area contributed by atoms with Gasteiger partial charge in [0.2, 0.25) is 10.0 Å². The van der Waals surface area contributed by atoms with Crippen LogP contribution in [0.5, 0.6) is 0 Å². The summed E-state index contributed by atoms with van der Waals surface area (Å²) >= 11 is 1.92. The van der Waals surface area contributed by atoms with Crippen molar-refractivity contribution in [3.8, 4) is 6.07 Å². The molecule has 1 aliphatic carbocycles. The molecule has 1 saturated carbocycles. The van der Waals surface area contributed by atoms with Crippen LogP contribution in [0.2, 0.25) is 0 Å². The highest BCUT2D eigenvalue weighted by molar-refractivity contribution is 7.99. The summed E-state index contributed by atoms with van der Waals surface area (Å²) in [5.74, 6) is 1.01. The first kappa shape index (κ1) is 17.3. The van der Waals surface area contributed by atoms with Gasteiger partial charge in [-0.3, -0.25) is 0 Å². The largest absolute Gasteiger partial charge is 0.216 e. The van der Waals surface area contributed by atoms with Gasteiger partial charge in [-0.25, -0.2) is 13.1 Å². The maximum absolute atomic E-state index is 12.3. The minimum absolute atomic E-state index is 0.0435. The molecule has 1 fully saturated rings. The van der Waals surface area contributed by atoms with E-state index in [1.807, 2.05) is 17.8 Å². The van der Waals surface area contributed by atoms with Gasteiger partial charge in [-0.15, -0.1) is 0 Å². The van der Waals surface area contributed by atoms with Gasteiger partial charge in [0.05, 0.1) is 17.4 Å². The van der Waals surface area contributed by atoms with Crippen LogP contribution < -0.4 is 4.72 Å². The second-order valence-corrected chi connectivity index (χ2v) is 8.96.